The van der Waals surface area contributed by atoms with E-state index >= 15 is 0 Å². The van der Waals surface area contributed by atoms with Gasteiger partial charge in [-0.25, -0.2) is 23.1 Å². The van der Waals surface area contributed by atoms with Gasteiger partial charge in [-0.3, -0.25) is 4.79 Å². The van der Waals surface area contributed by atoms with Gasteiger partial charge in [0.1, 0.15) is 5.67 Å². The number of halogens is 6. The fourth-order valence-electron chi connectivity index (χ4n) is 7.96. The van der Waals surface area contributed by atoms with Crippen LogP contribution in [0.3, 0.4) is 0 Å². The molecule has 0 aliphatic heterocycles. The molecule has 0 atom stereocenters. The van der Waals surface area contributed by atoms with Crippen molar-refractivity contribution in [2.75, 3.05) is 11.4 Å². The molecular formula is C30H29F6N5O2. The topological polar surface area (TPSA) is 85.0 Å². The number of hydrogen-bond donors (Lipinski definition) is 0. The van der Waals surface area contributed by atoms with Crippen molar-refractivity contribution >= 4 is 11.6 Å². The molecular weight excluding hydrogens is 576 g/mol. The second kappa shape index (κ2) is 9.49. The van der Waals surface area contributed by atoms with E-state index in [0.717, 1.165) is 31.7 Å². The Morgan fingerprint density at radius 3 is 2.16 bits per heavy atom. The maximum absolute atomic E-state index is 14.3. The summed E-state index contributed by atoms with van der Waals surface area (Å²) in [5.74, 6) is -1.70. The molecule has 0 unspecified atom stereocenters. The minimum absolute atomic E-state index is 0.113. The van der Waals surface area contributed by atoms with Gasteiger partial charge in [0, 0.05) is 42.0 Å². The molecule has 6 aliphatic carbocycles. The number of hydrogen-bond acceptors (Lipinski definition) is 6. The Bertz CT molecular complexity index is 1510. The molecule has 6 aliphatic rings. The molecule has 7 nitrogen and oxygen atoms in total. The lowest BCUT2D eigenvalue weighted by atomic mass is 9.41. The van der Waals surface area contributed by atoms with Crippen molar-refractivity contribution in [3.63, 3.8) is 0 Å². The summed E-state index contributed by atoms with van der Waals surface area (Å²) in [5.41, 5.74) is -0.595. The predicted octanol–water partition coefficient (Wildman–Crippen LogP) is 7.39. The maximum atomic E-state index is 14.3. The van der Waals surface area contributed by atoms with E-state index in [1.54, 1.807) is 29.2 Å². The van der Waals surface area contributed by atoms with Gasteiger partial charge in [0.15, 0.2) is 0 Å². The predicted molar refractivity (Wildman–Crippen MR) is 141 cm³/mol. The molecule has 4 bridgehead atoms. The highest BCUT2D eigenvalue weighted by Gasteiger charge is 2.69. The molecule has 1 aromatic carbocycles. The number of nitrogens with zero attached hydrogens (tertiary/aromatic N) is 5. The summed E-state index contributed by atoms with van der Waals surface area (Å²) < 4.78 is 84.7. The largest absolute Gasteiger partial charge is 0.451 e. The highest BCUT2D eigenvalue weighted by molar-refractivity contribution is 5.95. The van der Waals surface area contributed by atoms with Crippen LogP contribution in [-0.2, 0) is 16.4 Å². The Kier molecular flexibility index (Phi) is 6.24. The normalized spacial score (nSPS) is 31.0. The van der Waals surface area contributed by atoms with E-state index in [9.17, 15) is 31.1 Å². The van der Waals surface area contributed by atoms with Crippen molar-refractivity contribution in [1.29, 1.82) is 0 Å². The summed E-state index contributed by atoms with van der Waals surface area (Å²) >= 11 is 0. The maximum Gasteiger partial charge on any atom is 0.451 e. The molecule has 0 N–H and O–H groups in total. The molecule has 1 amide bonds. The second-order valence-electron chi connectivity index (χ2n) is 13.2. The van der Waals surface area contributed by atoms with Gasteiger partial charge < -0.3 is 9.42 Å². The number of fused-ring (bicyclic) bond motifs is 3. The third kappa shape index (κ3) is 4.88. The molecule has 2 heterocycles. The average Bonchev–Trinajstić information content (AvgIpc) is 3.47. The van der Waals surface area contributed by atoms with E-state index in [2.05, 4.69) is 20.1 Å². The lowest BCUT2D eigenvalue weighted by Crippen LogP contribution is -2.65. The highest BCUT2D eigenvalue weighted by Crippen LogP contribution is 2.71. The number of alkyl halides is 6. The third-order valence-electron chi connectivity index (χ3n) is 10.3. The number of carbonyl (C=O) groups excluding carboxylic acids is 1. The number of benzene rings is 1. The van der Waals surface area contributed by atoms with Crippen LogP contribution in [0, 0.1) is 10.8 Å². The fourth-order valence-corrected chi connectivity index (χ4v) is 7.96. The quantitative estimate of drug-likeness (QED) is 0.249. The first-order chi connectivity index (χ1) is 20.3. The first kappa shape index (κ1) is 28.3. The van der Waals surface area contributed by atoms with Crippen LogP contribution >= 0.6 is 0 Å². The van der Waals surface area contributed by atoms with Crippen molar-refractivity contribution in [3.05, 3.63) is 54.2 Å². The lowest BCUT2D eigenvalue weighted by Gasteiger charge is -2.66. The molecule has 3 aromatic rings. The minimum atomic E-state index is -4.66. The second-order valence-corrected chi connectivity index (χ2v) is 13.2. The van der Waals surface area contributed by atoms with E-state index in [0.29, 0.717) is 61.9 Å². The van der Waals surface area contributed by atoms with Crippen molar-refractivity contribution in [2.45, 2.75) is 87.9 Å². The molecule has 9 rings (SSSR count). The first-order valence-electron chi connectivity index (χ1n) is 14.4. The van der Waals surface area contributed by atoms with Gasteiger partial charge in [-0.1, -0.05) is 17.3 Å². The van der Waals surface area contributed by atoms with Gasteiger partial charge in [-0.15, -0.1) is 0 Å². The fraction of sp³-hybridized carbons (Fsp3) is 0.567. The highest BCUT2D eigenvalue weighted by atomic mass is 19.4. The number of rotatable bonds is 8. The van der Waals surface area contributed by atoms with Crippen LogP contribution in [0.15, 0.2) is 41.2 Å². The van der Waals surface area contributed by atoms with Crippen molar-refractivity contribution in [3.8, 4) is 11.1 Å². The van der Waals surface area contributed by atoms with Gasteiger partial charge >= 0.3 is 12.6 Å². The standard InChI is InChI=1S/C30H29F6N5O2/c31-22(32)23-39-25(43-40-23)28-7-4-26(5-8-28,6-9-28)17-41(21(42)11-27-14-29(33,15-27)16-27)20-3-1-2-18(10-20)19-12-37-24(38-13-19)30(34,35)36/h1-3,10,12-13,22H,4-9,11,14-17H2. The summed E-state index contributed by atoms with van der Waals surface area (Å²) in [4.78, 5) is 26.6. The summed E-state index contributed by atoms with van der Waals surface area (Å²) in [7, 11) is 0. The zero-order valence-corrected chi connectivity index (χ0v) is 23.1. The summed E-state index contributed by atoms with van der Waals surface area (Å²) in [6.45, 7) is 0.415. The van der Waals surface area contributed by atoms with Crippen LogP contribution in [0.5, 0.6) is 0 Å². The summed E-state index contributed by atoms with van der Waals surface area (Å²) in [5, 5.41) is 3.46. The van der Waals surface area contributed by atoms with Gasteiger partial charge in [-0.05, 0) is 86.3 Å². The minimum Gasteiger partial charge on any atom is -0.339 e. The van der Waals surface area contributed by atoms with Crippen LogP contribution in [0.2, 0.25) is 0 Å². The number of anilines is 1. The average molecular weight is 606 g/mol. The van der Waals surface area contributed by atoms with Crippen LogP contribution in [0.4, 0.5) is 32.0 Å². The van der Waals surface area contributed by atoms with Gasteiger partial charge in [-0.2, -0.15) is 18.2 Å². The van der Waals surface area contributed by atoms with Crippen molar-refractivity contribution < 1.29 is 35.7 Å². The Morgan fingerprint density at radius 1 is 0.953 bits per heavy atom. The molecule has 13 heteroatoms. The van der Waals surface area contributed by atoms with Gasteiger partial charge in [0.25, 0.3) is 0 Å². The molecule has 0 saturated heterocycles. The van der Waals surface area contributed by atoms with Crippen LogP contribution < -0.4 is 4.90 Å². The van der Waals surface area contributed by atoms with Crippen LogP contribution in [0.25, 0.3) is 11.1 Å². The number of aromatic nitrogens is 4. The molecule has 2 aromatic heterocycles. The van der Waals surface area contributed by atoms with E-state index in [1.165, 1.54) is 0 Å². The Hall–Kier alpha value is -3.51. The van der Waals surface area contributed by atoms with Crippen LogP contribution in [-0.4, -0.2) is 38.2 Å². The smallest absolute Gasteiger partial charge is 0.339 e. The summed E-state index contributed by atoms with van der Waals surface area (Å²) in [6.07, 6.45) is 0.339. The van der Waals surface area contributed by atoms with Gasteiger partial charge in [0.2, 0.25) is 23.4 Å². The molecule has 6 fully saturated rings. The van der Waals surface area contributed by atoms with Crippen molar-refractivity contribution in [2.24, 2.45) is 10.8 Å². The Balaban J connectivity index is 1.14. The lowest BCUT2D eigenvalue weighted by molar-refractivity contribution is -0.215. The Morgan fingerprint density at radius 2 is 1.60 bits per heavy atom. The molecule has 43 heavy (non-hydrogen) atoms. The molecule has 0 radical (unpaired) electrons. The number of amides is 1. The molecule has 228 valence electrons. The van der Waals surface area contributed by atoms with E-state index in [4.69, 9.17) is 4.52 Å². The first-order valence-corrected chi connectivity index (χ1v) is 14.4. The van der Waals surface area contributed by atoms with E-state index in [-0.39, 0.29) is 29.0 Å². The SMILES string of the molecule is O=C(CC12CC(F)(C1)C2)N(CC12CCC(c3nc(C(F)F)no3)(CC1)CC2)c1cccc(-c2cnc(C(F)(F)F)nc2)c1. The zero-order chi connectivity index (χ0) is 30.3. The Labute approximate surface area is 243 Å². The van der Waals surface area contributed by atoms with Crippen LogP contribution in [0.1, 0.15) is 88.2 Å². The monoisotopic (exact) mass is 605 g/mol. The molecule has 6 saturated carbocycles. The summed E-state index contributed by atoms with van der Waals surface area (Å²) in [6, 6.07) is 7.00. The van der Waals surface area contributed by atoms with Crippen molar-refractivity contribution in [1.82, 2.24) is 20.1 Å². The van der Waals surface area contributed by atoms with E-state index < -0.39 is 35.3 Å². The number of carbonyl (C=O) groups is 1. The van der Waals surface area contributed by atoms with Gasteiger partial charge in [0.05, 0.1) is 0 Å². The third-order valence-corrected chi connectivity index (χ3v) is 10.3. The molecule has 0 spiro atoms. The zero-order valence-electron chi connectivity index (χ0n) is 23.1. The van der Waals surface area contributed by atoms with E-state index in [1.807, 2.05) is 0 Å².